The lowest BCUT2D eigenvalue weighted by Gasteiger charge is -2.25. The van der Waals surface area contributed by atoms with Crippen molar-refractivity contribution in [1.29, 1.82) is 5.26 Å². The summed E-state index contributed by atoms with van der Waals surface area (Å²) in [7, 11) is 0. The second-order valence-electron chi connectivity index (χ2n) is 8.25. The molecule has 2 atom stereocenters. The van der Waals surface area contributed by atoms with E-state index in [9.17, 15) is 0 Å². The molecule has 1 heteroatoms. The van der Waals surface area contributed by atoms with Crippen molar-refractivity contribution in [3.63, 3.8) is 0 Å². The Kier molecular flexibility index (Phi) is 7.88. The fraction of sp³-hybridized carbons (Fsp3) is 0.393. The van der Waals surface area contributed by atoms with Gasteiger partial charge in [0.25, 0.3) is 0 Å². The Balaban J connectivity index is 0.000000755. The van der Waals surface area contributed by atoms with Gasteiger partial charge in [-0.2, -0.15) is 5.26 Å². The zero-order valence-corrected chi connectivity index (χ0v) is 17.9. The SMILES string of the molecule is CCC.N#Cc1ccc(CCCCC2C=CC3C(=CC=C3C3=CCC=C3)C2)cc1. The molecular formula is C28H33N. The van der Waals surface area contributed by atoms with Gasteiger partial charge < -0.3 is 0 Å². The van der Waals surface area contributed by atoms with Crippen LogP contribution in [0, 0.1) is 23.2 Å². The van der Waals surface area contributed by atoms with E-state index < -0.39 is 0 Å². The van der Waals surface area contributed by atoms with Gasteiger partial charge in [0.1, 0.15) is 0 Å². The van der Waals surface area contributed by atoms with Crippen LogP contribution >= 0.6 is 0 Å². The molecule has 3 aliphatic carbocycles. The van der Waals surface area contributed by atoms with E-state index in [2.05, 4.69) is 74.6 Å². The Hall–Kier alpha value is -2.59. The predicted molar refractivity (Wildman–Crippen MR) is 123 cm³/mol. The first-order chi connectivity index (χ1) is 14.2. The van der Waals surface area contributed by atoms with E-state index in [-0.39, 0.29) is 0 Å². The van der Waals surface area contributed by atoms with Crippen molar-refractivity contribution in [3.05, 3.63) is 94.6 Å². The highest BCUT2D eigenvalue weighted by Gasteiger charge is 2.27. The number of nitriles is 1. The summed E-state index contributed by atoms with van der Waals surface area (Å²) in [5.74, 6) is 1.22. The number of hydrogen-bond donors (Lipinski definition) is 0. The molecule has 1 aromatic carbocycles. The van der Waals surface area contributed by atoms with Crippen LogP contribution < -0.4 is 0 Å². The third-order valence-electron chi connectivity index (χ3n) is 5.76. The van der Waals surface area contributed by atoms with Crippen molar-refractivity contribution < 1.29 is 0 Å². The second-order valence-corrected chi connectivity index (χ2v) is 8.25. The van der Waals surface area contributed by atoms with Crippen LogP contribution in [0.1, 0.15) is 63.5 Å². The van der Waals surface area contributed by atoms with Gasteiger partial charge in [0.05, 0.1) is 11.6 Å². The molecule has 0 radical (unpaired) electrons. The number of allylic oxidation sites excluding steroid dienone is 10. The molecule has 2 unspecified atom stereocenters. The zero-order chi connectivity index (χ0) is 20.5. The Labute approximate surface area is 176 Å². The molecule has 0 N–H and O–H groups in total. The number of rotatable bonds is 6. The van der Waals surface area contributed by atoms with E-state index >= 15 is 0 Å². The molecule has 0 saturated heterocycles. The number of hydrogen-bond acceptors (Lipinski definition) is 1. The smallest absolute Gasteiger partial charge is 0.0991 e. The molecule has 0 aliphatic heterocycles. The highest BCUT2D eigenvalue weighted by atomic mass is 14.3. The van der Waals surface area contributed by atoms with Gasteiger partial charge in [-0.1, -0.05) is 86.9 Å². The molecule has 0 aromatic heterocycles. The van der Waals surface area contributed by atoms with Crippen LogP contribution in [0.25, 0.3) is 0 Å². The molecule has 0 bridgehead atoms. The van der Waals surface area contributed by atoms with Gasteiger partial charge in [0.2, 0.25) is 0 Å². The number of aryl methyl sites for hydroxylation is 1. The van der Waals surface area contributed by atoms with E-state index in [1.165, 1.54) is 48.8 Å². The van der Waals surface area contributed by atoms with Crippen LogP contribution in [-0.4, -0.2) is 0 Å². The monoisotopic (exact) mass is 383 g/mol. The first kappa shape index (κ1) is 21.1. The third kappa shape index (κ3) is 5.70. The molecule has 1 aromatic rings. The van der Waals surface area contributed by atoms with Crippen LogP contribution in [0.3, 0.4) is 0 Å². The molecule has 0 saturated carbocycles. The lowest BCUT2D eigenvalue weighted by molar-refractivity contribution is 0.513. The van der Waals surface area contributed by atoms with Gasteiger partial charge >= 0.3 is 0 Å². The van der Waals surface area contributed by atoms with Crippen molar-refractivity contribution in [1.82, 2.24) is 0 Å². The molecule has 3 aliphatic rings. The van der Waals surface area contributed by atoms with Crippen LogP contribution in [0.4, 0.5) is 0 Å². The highest BCUT2D eigenvalue weighted by molar-refractivity contribution is 5.55. The molecule has 0 spiro atoms. The van der Waals surface area contributed by atoms with Gasteiger partial charge in [-0.15, -0.1) is 0 Å². The number of benzene rings is 1. The maximum absolute atomic E-state index is 8.86. The van der Waals surface area contributed by atoms with E-state index in [1.54, 1.807) is 5.57 Å². The average Bonchev–Trinajstić information content (AvgIpc) is 3.41. The van der Waals surface area contributed by atoms with E-state index in [1.807, 2.05) is 12.1 Å². The first-order valence-electron chi connectivity index (χ1n) is 11.2. The lowest BCUT2D eigenvalue weighted by atomic mass is 9.79. The van der Waals surface area contributed by atoms with Gasteiger partial charge in [-0.3, -0.25) is 0 Å². The molecule has 0 heterocycles. The summed E-state index contributed by atoms with van der Waals surface area (Å²) in [4.78, 5) is 0. The normalized spacial score (nSPS) is 21.5. The minimum Gasteiger partial charge on any atom is -0.192 e. The summed E-state index contributed by atoms with van der Waals surface area (Å²) in [6, 6.07) is 10.2. The summed E-state index contributed by atoms with van der Waals surface area (Å²) in [6.45, 7) is 4.25. The van der Waals surface area contributed by atoms with Gasteiger partial charge in [-0.05, 0) is 66.9 Å². The van der Waals surface area contributed by atoms with Crippen LogP contribution in [0.15, 0.2) is 83.5 Å². The van der Waals surface area contributed by atoms with E-state index in [0.717, 1.165) is 18.4 Å². The van der Waals surface area contributed by atoms with E-state index in [4.69, 9.17) is 5.26 Å². The number of fused-ring (bicyclic) bond motifs is 1. The van der Waals surface area contributed by atoms with Crippen molar-refractivity contribution >= 4 is 0 Å². The molecule has 150 valence electrons. The summed E-state index contributed by atoms with van der Waals surface area (Å²) in [6.07, 6.45) is 24.9. The maximum Gasteiger partial charge on any atom is 0.0991 e. The molecule has 0 fully saturated rings. The molecular weight excluding hydrogens is 350 g/mol. The number of unbranched alkanes of at least 4 members (excludes halogenated alkanes) is 1. The zero-order valence-electron chi connectivity index (χ0n) is 17.9. The fourth-order valence-corrected chi connectivity index (χ4v) is 4.29. The highest BCUT2D eigenvalue weighted by Crippen LogP contribution is 2.42. The maximum atomic E-state index is 8.86. The third-order valence-corrected chi connectivity index (χ3v) is 5.76. The Morgan fingerprint density at radius 1 is 1.03 bits per heavy atom. The Morgan fingerprint density at radius 2 is 1.83 bits per heavy atom. The quantitative estimate of drug-likeness (QED) is 0.366. The minimum atomic E-state index is 0.527. The Bertz CT molecular complexity index is 868. The summed E-state index contributed by atoms with van der Waals surface area (Å²) in [5, 5.41) is 8.86. The molecule has 1 nitrogen and oxygen atoms in total. The van der Waals surface area contributed by atoms with E-state index in [0.29, 0.717) is 11.8 Å². The molecule has 0 amide bonds. The average molecular weight is 384 g/mol. The summed E-state index contributed by atoms with van der Waals surface area (Å²) >= 11 is 0. The standard InChI is InChI=1S/C25H25N.C3H8/c26-18-21-11-9-19(10-12-21)5-1-2-6-20-13-15-25-23(17-20)14-16-24(25)22-7-3-4-8-22;1-3-2/h3,7-16,20,25H,1-2,4-6,17H2;3H2,1-2H3. The topological polar surface area (TPSA) is 23.8 Å². The van der Waals surface area contributed by atoms with Crippen molar-refractivity contribution in [2.45, 2.75) is 58.8 Å². The second kappa shape index (κ2) is 10.8. The minimum absolute atomic E-state index is 0.527. The fourth-order valence-electron chi connectivity index (χ4n) is 4.29. The number of nitrogens with zero attached hydrogens (tertiary/aromatic N) is 1. The predicted octanol–water partition coefficient (Wildman–Crippen LogP) is 7.63. The largest absolute Gasteiger partial charge is 0.192 e. The van der Waals surface area contributed by atoms with Crippen LogP contribution in [0.5, 0.6) is 0 Å². The van der Waals surface area contributed by atoms with Gasteiger partial charge in [0, 0.05) is 5.92 Å². The van der Waals surface area contributed by atoms with Crippen molar-refractivity contribution in [3.8, 4) is 6.07 Å². The van der Waals surface area contributed by atoms with Crippen LogP contribution in [0.2, 0.25) is 0 Å². The Morgan fingerprint density at radius 3 is 2.52 bits per heavy atom. The summed E-state index contributed by atoms with van der Waals surface area (Å²) in [5.41, 5.74) is 6.60. The van der Waals surface area contributed by atoms with Gasteiger partial charge in [-0.25, -0.2) is 0 Å². The lowest BCUT2D eigenvalue weighted by Crippen LogP contribution is -2.12. The molecule has 29 heavy (non-hydrogen) atoms. The first-order valence-corrected chi connectivity index (χ1v) is 11.2. The van der Waals surface area contributed by atoms with Crippen LogP contribution in [-0.2, 0) is 6.42 Å². The summed E-state index contributed by atoms with van der Waals surface area (Å²) < 4.78 is 0. The van der Waals surface area contributed by atoms with Crippen molar-refractivity contribution in [2.75, 3.05) is 0 Å². The van der Waals surface area contributed by atoms with Gasteiger partial charge in [0.15, 0.2) is 0 Å². The molecule has 4 rings (SSSR count). The van der Waals surface area contributed by atoms with Crippen molar-refractivity contribution in [2.24, 2.45) is 11.8 Å².